The molecule has 2 aromatic rings. The van der Waals surface area contributed by atoms with Gasteiger partial charge in [-0.05, 0) is 61.6 Å². The standard InChI is InChI=1S/C28H34Cl2N2O6S/c1-4-23(17-39(35,36)31-14-6-7-18(31)2)32-26(19-10-12-21(29)13-11-19)27(20-8-5-9-22(30)15-20)38-24(28(32)34)16-25(33)37-3/h5,8-13,15,18,23-24,26-27H,4,6-7,14,16-17H2,1-3H3. The van der Waals surface area contributed by atoms with Crippen molar-refractivity contribution in [3.63, 3.8) is 0 Å². The van der Waals surface area contributed by atoms with Gasteiger partial charge < -0.3 is 14.4 Å². The highest BCUT2D eigenvalue weighted by Gasteiger charge is 2.48. The Labute approximate surface area is 240 Å². The SMILES string of the molecule is CCC(CS(=O)(=O)N1CCCC1C)N1C(=O)C(CC(=O)OC)OC(c2cccc(Cl)c2)C1c1ccc(Cl)cc1. The molecule has 0 aromatic heterocycles. The number of ether oxygens (including phenoxy) is 2. The van der Waals surface area contributed by atoms with Crippen molar-refractivity contribution in [3.05, 3.63) is 69.7 Å². The Bertz CT molecular complexity index is 1290. The maximum atomic E-state index is 14.1. The van der Waals surface area contributed by atoms with E-state index in [4.69, 9.17) is 32.7 Å². The predicted molar refractivity (Wildman–Crippen MR) is 150 cm³/mol. The first-order valence-electron chi connectivity index (χ1n) is 13.1. The van der Waals surface area contributed by atoms with Gasteiger partial charge in [-0.25, -0.2) is 8.42 Å². The van der Waals surface area contributed by atoms with Crippen molar-refractivity contribution in [3.8, 4) is 0 Å². The minimum atomic E-state index is -3.67. The number of amides is 1. The molecule has 0 radical (unpaired) electrons. The zero-order valence-corrected chi connectivity index (χ0v) is 24.6. The van der Waals surface area contributed by atoms with Crippen LogP contribution in [0.15, 0.2) is 48.5 Å². The highest BCUT2D eigenvalue weighted by atomic mass is 35.5. The van der Waals surface area contributed by atoms with Crippen LogP contribution < -0.4 is 0 Å². The first-order chi connectivity index (χ1) is 18.6. The van der Waals surface area contributed by atoms with E-state index in [0.717, 1.165) is 18.4 Å². The van der Waals surface area contributed by atoms with E-state index in [0.29, 0.717) is 28.6 Å². The van der Waals surface area contributed by atoms with Crippen molar-refractivity contribution in [2.45, 2.75) is 69.9 Å². The second kappa shape index (κ2) is 12.6. The molecule has 8 nitrogen and oxygen atoms in total. The summed E-state index contributed by atoms with van der Waals surface area (Å²) >= 11 is 12.5. The Morgan fingerprint density at radius 1 is 1.13 bits per heavy atom. The van der Waals surface area contributed by atoms with Crippen LogP contribution in [0, 0.1) is 0 Å². The van der Waals surface area contributed by atoms with E-state index >= 15 is 0 Å². The number of halogens is 2. The van der Waals surface area contributed by atoms with Crippen molar-refractivity contribution >= 4 is 45.1 Å². The molecule has 5 atom stereocenters. The Morgan fingerprint density at radius 3 is 2.44 bits per heavy atom. The van der Waals surface area contributed by atoms with Crippen LogP contribution in [0.4, 0.5) is 0 Å². The van der Waals surface area contributed by atoms with Crippen LogP contribution in [0.1, 0.15) is 62.8 Å². The van der Waals surface area contributed by atoms with E-state index in [1.54, 1.807) is 47.4 Å². The number of carbonyl (C=O) groups is 2. The van der Waals surface area contributed by atoms with Gasteiger partial charge >= 0.3 is 5.97 Å². The highest BCUT2D eigenvalue weighted by Crippen LogP contribution is 2.45. The second-order valence-corrected chi connectivity index (χ2v) is 12.9. The minimum absolute atomic E-state index is 0.0914. The van der Waals surface area contributed by atoms with Crippen LogP contribution in [-0.4, -0.2) is 67.1 Å². The minimum Gasteiger partial charge on any atom is -0.469 e. The molecule has 2 saturated heterocycles. The number of esters is 1. The summed E-state index contributed by atoms with van der Waals surface area (Å²) in [5.41, 5.74) is 1.42. The first-order valence-corrected chi connectivity index (χ1v) is 15.5. The molecule has 2 aliphatic rings. The summed E-state index contributed by atoms with van der Waals surface area (Å²) in [4.78, 5) is 28.0. The number of morpholine rings is 1. The summed E-state index contributed by atoms with van der Waals surface area (Å²) in [6, 6.07) is 12.7. The molecule has 4 rings (SSSR count). The van der Waals surface area contributed by atoms with Crippen molar-refractivity contribution in [1.82, 2.24) is 9.21 Å². The van der Waals surface area contributed by atoms with Gasteiger partial charge in [-0.3, -0.25) is 9.59 Å². The van der Waals surface area contributed by atoms with E-state index in [1.807, 2.05) is 19.9 Å². The van der Waals surface area contributed by atoms with Crippen molar-refractivity contribution < 1.29 is 27.5 Å². The smallest absolute Gasteiger partial charge is 0.308 e. The van der Waals surface area contributed by atoms with Crippen molar-refractivity contribution in [1.29, 1.82) is 0 Å². The van der Waals surface area contributed by atoms with Crippen LogP contribution in [0.5, 0.6) is 0 Å². The second-order valence-electron chi connectivity index (χ2n) is 10.1. The van der Waals surface area contributed by atoms with E-state index in [1.165, 1.54) is 11.4 Å². The summed E-state index contributed by atoms with van der Waals surface area (Å²) in [7, 11) is -2.43. The number of carbonyl (C=O) groups excluding carboxylic acids is 2. The molecule has 2 aliphatic heterocycles. The fourth-order valence-corrected chi connectivity index (χ4v) is 7.99. The summed E-state index contributed by atoms with van der Waals surface area (Å²) in [5.74, 6) is -1.30. The summed E-state index contributed by atoms with van der Waals surface area (Å²) < 4.78 is 39.9. The number of hydrogen-bond acceptors (Lipinski definition) is 6. The molecule has 11 heteroatoms. The molecule has 2 fully saturated rings. The Hall–Kier alpha value is -2.17. The number of rotatable bonds is 9. The maximum absolute atomic E-state index is 14.1. The van der Waals surface area contributed by atoms with Gasteiger partial charge in [-0.15, -0.1) is 0 Å². The molecule has 0 saturated carbocycles. The lowest BCUT2D eigenvalue weighted by molar-refractivity contribution is -0.183. The van der Waals surface area contributed by atoms with Gasteiger partial charge in [-0.1, -0.05) is 54.4 Å². The molecule has 0 bridgehead atoms. The molecule has 0 spiro atoms. The van der Waals surface area contributed by atoms with Crippen LogP contribution in [0.25, 0.3) is 0 Å². The molecule has 0 aliphatic carbocycles. The maximum Gasteiger partial charge on any atom is 0.308 e. The summed E-state index contributed by atoms with van der Waals surface area (Å²) in [6.07, 6.45) is -0.212. The normalized spacial score (nSPS) is 25.1. The van der Waals surface area contributed by atoms with Crippen molar-refractivity contribution in [2.75, 3.05) is 19.4 Å². The van der Waals surface area contributed by atoms with Crippen LogP contribution in [-0.2, 0) is 29.1 Å². The lowest BCUT2D eigenvalue weighted by atomic mass is 9.89. The van der Waals surface area contributed by atoms with Gasteiger partial charge in [0.15, 0.2) is 0 Å². The lowest BCUT2D eigenvalue weighted by Gasteiger charge is -2.48. The molecule has 39 heavy (non-hydrogen) atoms. The lowest BCUT2D eigenvalue weighted by Crippen LogP contribution is -2.57. The van der Waals surface area contributed by atoms with Gasteiger partial charge in [0.1, 0.15) is 12.2 Å². The van der Waals surface area contributed by atoms with Crippen LogP contribution in [0.2, 0.25) is 10.0 Å². The Balaban J connectivity index is 1.83. The molecule has 5 unspecified atom stereocenters. The van der Waals surface area contributed by atoms with Crippen LogP contribution in [0.3, 0.4) is 0 Å². The van der Waals surface area contributed by atoms with Gasteiger partial charge in [0.25, 0.3) is 5.91 Å². The largest absolute Gasteiger partial charge is 0.469 e. The quantitative estimate of drug-likeness (QED) is 0.371. The fourth-order valence-electron chi connectivity index (χ4n) is 5.53. The molecule has 0 N–H and O–H groups in total. The molecular formula is C28H34Cl2N2O6S. The zero-order chi connectivity index (χ0) is 28.3. The monoisotopic (exact) mass is 596 g/mol. The zero-order valence-electron chi connectivity index (χ0n) is 22.3. The molecule has 1 amide bonds. The van der Waals surface area contributed by atoms with Gasteiger partial charge in [0.2, 0.25) is 10.0 Å². The van der Waals surface area contributed by atoms with Crippen molar-refractivity contribution in [2.24, 2.45) is 0 Å². The highest BCUT2D eigenvalue weighted by molar-refractivity contribution is 7.89. The summed E-state index contributed by atoms with van der Waals surface area (Å²) in [5, 5.41) is 1.01. The number of sulfonamides is 1. The average Bonchev–Trinajstić information content (AvgIpc) is 3.35. The third kappa shape index (κ3) is 6.60. The molecule has 212 valence electrons. The number of benzene rings is 2. The van der Waals surface area contributed by atoms with E-state index in [9.17, 15) is 18.0 Å². The van der Waals surface area contributed by atoms with Gasteiger partial charge in [0.05, 0.1) is 25.3 Å². The third-order valence-electron chi connectivity index (χ3n) is 7.51. The molecule has 2 heterocycles. The average molecular weight is 598 g/mol. The number of hydrogen-bond donors (Lipinski definition) is 0. The van der Waals surface area contributed by atoms with E-state index in [2.05, 4.69) is 0 Å². The topological polar surface area (TPSA) is 93.2 Å². The fraction of sp³-hybridized carbons (Fsp3) is 0.500. The van der Waals surface area contributed by atoms with Gasteiger partial charge in [-0.2, -0.15) is 4.31 Å². The Kier molecular flexibility index (Phi) is 9.60. The van der Waals surface area contributed by atoms with Crippen LogP contribution >= 0.6 is 23.2 Å². The van der Waals surface area contributed by atoms with E-state index < -0.39 is 46.2 Å². The molecule has 2 aromatic carbocycles. The molecular weight excluding hydrogens is 563 g/mol. The predicted octanol–water partition coefficient (Wildman–Crippen LogP) is 5.16. The Morgan fingerprint density at radius 2 is 1.85 bits per heavy atom. The third-order valence-corrected chi connectivity index (χ3v) is 10.1. The van der Waals surface area contributed by atoms with Gasteiger partial charge in [0, 0.05) is 28.7 Å². The summed E-state index contributed by atoms with van der Waals surface area (Å²) in [6.45, 7) is 4.23. The first kappa shape index (κ1) is 29.8. The number of methoxy groups -OCH3 is 1. The van der Waals surface area contributed by atoms with E-state index in [-0.39, 0.29) is 18.2 Å². The number of nitrogens with zero attached hydrogens (tertiary/aromatic N) is 2.